The second-order valence-electron chi connectivity index (χ2n) is 16.2. The van der Waals surface area contributed by atoms with Gasteiger partial charge in [0.25, 0.3) is 0 Å². The number of aromatic nitrogens is 2. The summed E-state index contributed by atoms with van der Waals surface area (Å²) in [5, 5.41) is 12.1. The smallest absolute Gasteiger partial charge is 0.145 e. The number of ether oxygens (including phenoxy) is 1. The van der Waals surface area contributed by atoms with Crippen molar-refractivity contribution in [2.45, 2.75) is 12.0 Å². The molecule has 6 heterocycles. The van der Waals surface area contributed by atoms with Crippen molar-refractivity contribution in [3.05, 3.63) is 175 Å². The zero-order valence-corrected chi connectivity index (χ0v) is 31.0. The average molecular weight is 739 g/mol. The van der Waals surface area contributed by atoms with Crippen molar-refractivity contribution in [2.75, 3.05) is 0 Å². The summed E-state index contributed by atoms with van der Waals surface area (Å²) in [7, 11) is 0. The van der Waals surface area contributed by atoms with E-state index in [2.05, 4.69) is 179 Å². The van der Waals surface area contributed by atoms with Crippen LogP contribution in [0.3, 0.4) is 0 Å². The number of hydrogen-bond acceptors (Lipinski definition) is 2. The van der Waals surface area contributed by atoms with Gasteiger partial charge in [-0.1, -0.05) is 133 Å². The van der Waals surface area contributed by atoms with E-state index >= 15 is 0 Å². The molecule has 58 heavy (non-hydrogen) atoms. The molecule has 0 saturated heterocycles. The van der Waals surface area contributed by atoms with Crippen molar-refractivity contribution in [3.63, 3.8) is 0 Å². The Labute approximate surface area is 330 Å². The average Bonchev–Trinajstić information content (AvgIpc) is 4.12. The quantitative estimate of drug-likeness (QED) is 0.177. The minimum absolute atomic E-state index is 0.0173. The van der Waals surface area contributed by atoms with Gasteiger partial charge < -0.3 is 18.0 Å². The van der Waals surface area contributed by atoms with Crippen LogP contribution < -0.4 is 4.74 Å². The predicted molar refractivity (Wildman–Crippen MR) is 239 cm³/mol. The minimum Gasteiger partial charge on any atom is -0.484 e. The predicted octanol–water partition coefficient (Wildman–Crippen LogP) is 14.2. The summed E-state index contributed by atoms with van der Waals surface area (Å²) < 4.78 is 19.0. The minimum atomic E-state index is -0.0173. The van der Waals surface area contributed by atoms with Gasteiger partial charge in [-0.15, -0.1) is 0 Å². The highest BCUT2D eigenvalue weighted by atomic mass is 16.5. The molecular formula is C54H30N2O2. The highest BCUT2D eigenvalue weighted by Crippen LogP contribution is 2.58. The van der Waals surface area contributed by atoms with Gasteiger partial charge in [0.15, 0.2) is 0 Å². The number of para-hydroxylation sites is 3. The summed E-state index contributed by atoms with van der Waals surface area (Å²) in [6.45, 7) is 0. The molecule has 0 bridgehead atoms. The maximum absolute atomic E-state index is 6.96. The van der Waals surface area contributed by atoms with Crippen molar-refractivity contribution in [3.8, 4) is 28.0 Å². The highest BCUT2D eigenvalue weighted by molar-refractivity contribution is 6.41. The van der Waals surface area contributed by atoms with E-state index in [0.29, 0.717) is 0 Å². The normalized spacial score (nSPS) is 16.6. The fourth-order valence-corrected chi connectivity index (χ4v) is 11.3. The number of benzene rings is 8. The van der Waals surface area contributed by atoms with Crippen LogP contribution in [0.25, 0.3) is 120 Å². The van der Waals surface area contributed by atoms with Crippen molar-refractivity contribution < 1.29 is 9.15 Å². The van der Waals surface area contributed by atoms with Gasteiger partial charge in [-0.2, -0.15) is 0 Å². The van der Waals surface area contributed by atoms with Crippen LogP contribution in [0.1, 0.15) is 11.5 Å². The Morgan fingerprint density at radius 3 is 1.67 bits per heavy atom. The highest BCUT2D eigenvalue weighted by Gasteiger charge is 2.38. The summed E-state index contributed by atoms with van der Waals surface area (Å²) in [6.07, 6.45) is 8.81. The number of nitrogens with zero attached hydrogens (tertiary/aromatic N) is 2. The van der Waals surface area contributed by atoms with E-state index in [4.69, 9.17) is 9.15 Å². The zero-order chi connectivity index (χ0) is 37.4. The fraction of sp³-hybridized carbons (Fsp3) is 0.0370. The summed E-state index contributed by atoms with van der Waals surface area (Å²) in [4.78, 5) is 0. The largest absolute Gasteiger partial charge is 0.484 e. The van der Waals surface area contributed by atoms with Crippen LogP contribution in [0.5, 0.6) is 5.75 Å². The first-order valence-corrected chi connectivity index (χ1v) is 20.2. The Kier molecular flexibility index (Phi) is 5.24. The molecule has 15 rings (SSSR count). The summed E-state index contributed by atoms with van der Waals surface area (Å²) in [5.74, 6) is 1.16. The molecule has 5 aromatic heterocycles. The molecule has 0 amide bonds. The van der Waals surface area contributed by atoms with Gasteiger partial charge in [0.1, 0.15) is 23.0 Å². The number of furan rings is 1. The van der Waals surface area contributed by atoms with E-state index < -0.39 is 0 Å². The van der Waals surface area contributed by atoms with Crippen LogP contribution in [0, 0.1) is 0 Å². The van der Waals surface area contributed by atoms with Gasteiger partial charge >= 0.3 is 0 Å². The standard InChI is InChI=1S/C54H30N2O2/c1-3-15-29(16-4-1)43-45-37-27-35-31-19-9-13-25-41(31)57-53(35)47-34-22-8-12-24-40(34)56(49(37)47)52(45)44(30-17-5-2-6-18-30)46-38-28-36-32-20-10-14-26-42(32)58-54(36)48-33-21-7-11-23-39(33)55(50(38)48)51(43)46/h1-28,31,41H. The summed E-state index contributed by atoms with van der Waals surface area (Å²) in [5.41, 5.74) is 15.2. The third kappa shape index (κ3) is 3.35. The topological polar surface area (TPSA) is 31.2 Å². The molecule has 4 nitrogen and oxygen atoms in total. The number of rotatable bonds is 2. The Bertz CT molecular complexity index is 3990. The number of allylic oxidation sites excluding steroid dienone is 2. The maximum atomic E-state index is 6.96. The SMILES string of the molecule is C1=CC2Oc3c(cc4c5c(-c6ccccc6)c6c(c(-c7ccccc7)c5n5c7ccccc7c3c45)c3cc4c5ccccc5oc4c4c5ccccc5n6c34)C2C=C1. The van der Waals surface area contributed by atoms with E-state index in [1.165, 1.54) is 104 Å². The van der Waals surface area contributed by atoms with Crippen LogP contribution in [-0.4, -0.2) is 14.9 Å². The molecule has 0 saturated carbocycles. The van der Waals surface area contributed by atoms with Gasteiger partial charge in [0.05, 0.1) is 43.9 Å². The molecule has 2 unspecified atom stereocenters. The van der Waals surface area contributed by atoms with Crippen molar-refractivity contribution in [2.24, 2.45) is 0 Å². The molecule has 2 aliphatic rings. The van der Waals surface area contributed by atoms with Gasteiger partial charge in [0.2, 0.25) is 0 Å². The molecule has 1 aliphatic carbocycles. The Balaban J connectivity index is 1.31. The van der Waals surface area contributed by atoms with E-state index in [1.54, 1.807) is 0 Å². The summed E-state index contributed by atoms with van der Waals surface area (Å²) >= 11 is 0. The molecule has 13 aromatic rings. The first-order chi connectivity index (χ1) is 28.8. The third-order valence-electron chi connectivity index (χ3n) is 13.5. The van der Waals surface area contributed by atoms with Crippen molar-refractivity contribution in [1.82, 2.24) is 8.80 Å². The second-order valence-corrected chi connectivity index (χ2v) is 16.2. The van der Waals surface area contributed by atoms with E-state index in [1.807, 2.05) is 0 Å². The molecule has 4 heteroatoms. The van der Waals surface area contributed by atoms with E-state index in [0.717, 1.165) is 27.7 Å². The molecule has 0 N–H and O–H groups in total. The van der Waals surface area contributed by atoms with Crippen molar-refractivity contribution >= 4 is 98.1 Å². The number of hydrogen-bond donors (Lipinski definition) is 0. The lowest BCUT2D eigenvalue weighted by Crippen LogP contribution is -2.15. The lowest BCUT2D eigenvalue weighted by atomic mass is 9.87. The first kappa shape index (κ1) is 29.7. The second kappa shape index (κ2) is 10.2. The van der Waals surface area contributed by atoms with Crippen LogP contribution in [0.2, 0.25) is 0 Å². The van der Waals surface area contributed by atoms with Crippen molar-refractivity contribution in [1.29, 1.82) is 0 Å². The molecule has 0 spiro atoms. The van der Waals surface area contributed by atoms with Crippen LogP contribution in [0.15, 0.2) is 174 Å². The molecule has 8 aromatic carbocycles. The number of fused-ring (bicyclic) bond motifs is 20. The van der Waals surface area contributed by atoms with Gasteiger partial charge in [-0.3, -0.25) is 0 Å². The molecule has 0 radical (unpaired) electrons. The van der Waals surface area contributed by atoms with Crippen LogP contribution in [0.4, 0.5) is 0 Å². The fourth-order valence-electron chi connectivity index (χ4n) is 11.3. The Morgan fingerprint density at radius 1 is 0.431 bits per heavy atom. The lowest BCUT2D eigenvalue weighted by molar-refractivity contribution is 0.271. The molecular weight excluding hydrogens is 709 g/mol. The van der Waals surface area contributed by atoms with Gasteiger partial charge in [0, 0.05) is 65.7 Å². The van der Waals surface area contributed by atoms with E-state index in [-0.39, 0.29) is 12.0 Å². The lowest BCUT2D eigenvalue weighted by Gasteiger charge is -2.16. The Hall–Kier alpha value is -7.56. The Morgan fingerprint density at radius 2 is 0.983 bits per heavy atom. The maximum Gasteiger partial charge on any atom is 0.145 e. The molecule has 0 fully saturated rings. The molecule has 268 valence electrons. The zero-order valence-electron chi connectivity index (χ0n) is 31.0. The third-order valence-corrected chi connectivity index (χ3v) is 13.5. The van der Waals surface area contributed by atoms with Gasteiger partial charge in [-0.05, 0) is 47.5 Å². The molecule has 1 aliphatic heterocycles. The van der Waals surface area contributed by atoms with Gasteiger partial charge in [-0.25, -0.2) is 0 Å². The van der Waals surface area contributed by atoms with E-state index in [9.17, 15) is 0 Å². The van der Waals surface area contributed by atoms with Crippen LogP contribution >= 0.6 is 0 Å². The van der Waals surface area contributed by atoms with Crippen LogP contribution in [-0.2, 0) is 0 Å². The molecule has 2 atom stereocenters. The summed E-state index contributed by atoms with van der Waals surface area (Å²) in [6, 6.07) is 53.4. The first-order valence-electron chi connectivity index (χ1n) is 20.2. The monoisotopic (exact) mass is 738 g/mol.